The minimum Gasteiger partial charge on any atom is -0.454 e. The predicted molar refractivity (Wildman–Crippen MR) is 95.0 cm³/mol. The summed E-state index contributed by atoms with van der Waals surface area (Å²) < 4.78 is 12.0. The Balaban J connectivity index is 1.35. The van der Waals surface area contributed by atoms with Crippen LogP contribution in [0.25, 0.3) is 10.9 Å². The van der Waals surface area contributed by atoms with Gasteiger partial charge >= 0.3 is 0 Å². The van der Waals surface area contributed by atoms with Crippen LogP contribution in [0.1, 0.15) is 12.0 Å². The van der Waals surface area contributed by atoms with Crippen molar-refractivity contribution in [2.45, 2.75) is 19.5 Å². The second-order valence-corrected chi connectivity index (χ2v) is 5.97. The minimum absolute atomic E-state index is 0.136. The Morgan fingerprint density at radius 1 is 1.15 bits per heavy atom. The van der Waals surface area contributed by atoms with Crippen molar-refractivity contribution in [2.75, 3.05) is 6.79 Å². The average Bonchev–Trinajstić information content (AvgIpc) is 3.14. The van der Waals surface area contributed by atoms with Crippen molar-refractivity contribution in [3.8, 4) is 11.5 Å². The lowest BCUT2D eigenvalue weighted by atomic mass is 10.2. The first-order valence-corrected chi connectivity index (χ1v) is 8.30. The topological polar surface area (TPSA) is 82.5 Å². The van der Waals surface area contributed by atoms with Gasteiger partial charge in [-0.3, -0.25) is 14.2 Å². The predicted octanol–water partition coefficient (Wildman–Crippen LogP) is 1.83. The van der Waals surface area contributed by atoms with Crippen LogP contribution in [0.5, 0.6) is 11.5 Å². The van der Waals surface area contributed by atoms with Crippen molar-refractivity contribution < 1.29 is 14.3 Å². The lowest BCUT2D eigenvalue weighted by molar-refractivity contribution is -0.121. The molecule has 0 bridgehead atoms. The molecule has 4 rings (SSSR count). The normalized spacial score (nSPS) is 12.3. The van der Waals surface area contributed by atoms with E-state index >= 15 is 0 Å². The summed E-state index contributed by atoms with van der Waals surface area (Å²) in [6.45, 7) is 0.893. The van der Waals surface area contributed by atoms with Gasteiger partial charge in [0.15, 0.2) is 11.5 Å². The van der Waals surface area contributed by atoms with Crippen molar-refractivity contribution in [2.24, 2.45) is 0 Å². The third kappa shape index (κ3) is 3.23. The van der Waals surface area contributed by atoms with Crippen molar-refractivity contribution >= 4 is 16.8 Å². The lowest BCUT2D eigenvalue weighted by Crippen LogP contribution is -2.27. The highest BCUT2D eigenvalue weighted by Gasteiger charge is 2.13. The van der Waals surface area contributed by atoms with Gasteiger partial charge in [-0.05, 0) is 29.8 Å². The van der Waals surface area contributed by atoms with Gasteiger partial charge in [-0.1, -0.05) is 18.2 Å². The molecular weight excluding hydrogens is 334 g/mol. The zero-order valence-electron chi connectivity index (χ0n) is 14.0. The van der Waals surface area contributed by atoms with Gasteiger partial charge in [0, 0.05) is 19.5 Å². The Kier molecular flexibility index (Phi) is 4.27. The number of amides is 1. The van der Waals surface area contributed by atoms with E-state index in [0.717, 1.165) is 5.56 Å². The van der Waals surface area contributed by atoms with Gasteiger partial charge in [-0.25, -0.2) is 4.98 Å². The van der Waals surface area contributed by atoms with E-state index in [9.17, 15) is 9.59 Å². The Hall–Kier alpha value is -3.35. The van der Waals surface area contributed by atoms with E-state index in [0.29, 0.717) is 28.9 Å². The number of aromatic nitrogens is 2. The van der Waals surface area contributed by atoms with Gasteiger partial charge in [0.25, 0.3) is 5.56 Å². The molecule has 2 heterocycles. The Labute approximate surface area is 149 Å². The maximum atomic E-state index is 12.4. The zero-order chi connectivity index (χ0) is 17.9. The monoisotopic (exact) mass is 351 g/mol. The van der Waals surface area contributed by atoms with Crippen LogP contribution in [0.3, 0.4) is 0 Å². The fourth-order valence-corrected chi connectivity index (χ4v) is 2.83. The number of carbonyl (C=O) groups excluding carboxylic acids is 1. The van der Waals surface area contributed by atoms with Crippen LogP contribution in [0, 0.1) is 0 Å². The van der Waals surface area contributed by atoms with Crippen LogP contribution in [-0.2, 0) is 17.9 Å². The molecule has 0 saturated carbocycles. The van der Waals surface area contributed by atoms with Crippen LogP contribution in [0.15, 0.2) is 53.6 Å². The summed E-state index contributed by atoms with van der Waals surface area (Å²) in [5.41, 5.74) is 1.44. The van der Waals surface area contributed by atoms with Crippen LogP contribution in [0.2, 0.25) is 0 Å². The van der Waals surface area contributed by atoms with Crippen molar-refractivity contribution in [3.63, 3.8) is 0 Å². The SMILES string of the molecule is O=C(CCn1cnc2ccccc2c1=O)NCc1ccc2c(c1)OCO2. The van der Waals surface area contributed by atoms with Gasteiger partial charge in [-0.15, -0.1) is 0 Å². The highest BCUT2D eigenvalue weighted by molar-refractivity contribution is 5.77. The smallest absolute Gasteiger partial charge is 0.261 e. The summed E-state index contributed by atoms with van der Waals surface area (Å²) in [5, 5.41) is 3.40. The van der Waals surface area contributed by atoms with E-state index < -0.39 is 0 Å². The standard InChI is InChI=1S/C19H17N3O4/c23-18(20-10-13-5-6-16-17(9-13)26-12-25-16)7-8-22-11-21-15-4-2-1-3-14(15)19(22)24/h1-6,9,11H,7-8,10,12H2,(H,20,23). The van der Waals surface area contributed by atoms with Gasteiger partial charge < -0.3 is 14.8 Å². The maximum Gasteiger partial charge on any atom is 0.261 e. The van der Waals surface area contributed by atoms with E-state index in [-0.39, 0.29) is 31.2 Å². The molecule has 7 nitrogen and oxygen atoms in total. The Bertz CT molecular complexity index is 1030. The fraction of sp³-hybridized carbons (Fsp3) is 0.211. The van der Waals surface area contributed by atoms with E-state index in [1.165, 1.54) is 10.9 Å². The molecule has 1 amide bonds. The quantitative estimate of drug-likeness (QED) is 0.758. The van der Waals surface area contributed by atoms with Gasteiger partial charge in [-0.2, -0.15) is 0 Å². The number of aryl methyl sites for hydroxylation is 1. The van der Waals surface area contributed by atoms with E-state index in [1.54, 1.807) is 18.2 Å². The molecule has 3 aromatic rings. The number of para-hydroxylation sites is 1. The molecule has 0 fully saturated rings. The second kappa shape index (κ2) is 6.87. The number of hydrogen-bond donors (Lipinski definition) is 1. The van der Waals surface area contributed by atoms with E-state index in [1.807, 2.05) is 24.3 Å². The molecule has 0 unspecified atom stereocenters. The molecule has 1 aliphatic heterocycles. The molecule has 132 valence electrons. The number of hydrogen-bond acceptors (Lipinski definition) is 5. The lowest BCUT2D eigenvalue weighted by Gasteiger charge is -2.08. The van der Waals surface area contributed by atoms with Gasteiger partial charge in [0.1, 0.15) is 0 Å². The molecule has 7 heteroatoms. The first-order valence-electron chi connectivity index (χ1n) is 8.30. The summed E-state index contributed by atoms with van der Waals surface area (Å²) in [5.74, 6) is 1.26. The summed E-state index contributed by atoms with van der Waals surface area (Å²) >= 11 is 0. The van der Waals surface area contributed by atoms with Crippen LogP contribution in [-0.4, -0.2) is 22.3 Å². The molecular formula is C19H17N3O4. The number of fused-ring (bicyclic) bond motifs is 2. The Morgan fingerprint density at radius 2 is 2.00 bits per heavy atom. The molecule has 0 aliphatic carbocycles. The summed E-state index contributed by atoms with van der Waals surface area (Å²) in [7, 11) is 0. The van der Waals surface area contributed by atoms with Crippen molar-refractivity contribution in [1.29, 1.82) is 0 Å². The Morgan fingerprint density at radius 3 is 2.92 bits per heavy atom. The number of nitrogens with zero attached hydrogens (tertiary/aromatic N) is 2. The second-order valence-electron chi connectivity index (χ2n) is 5.97. The van der Waals surface area contributed by atoms with Crippen molar-refractivity contribution in [1.82, 2.24) is 14.9 Å². The number of ether oxygens (including phenoxy) is 2. The molecule has 0 atom stereocenters. The minimum atomic E-state index is -0.140. The number of carbonyl (C=O) groups is 1. The van der Waals surface area contributed by atoms with Gasteiger partial charge in [0.05, 0.1) is 17.2 Å². The number of nitrogens with one attached hydrogen (secondary N) is 1. The molecule has 2 aromatic carbocycles. The maximum absolute atomic E-state index is 12.4. The highest BCUT2D eigenvalue weighted by Crippen LogP contribution is 2.32. The third-order valence-corrected chi connectivity index (χ3v) is 4.24. The largest absolute Gasteiger partial charge is 0.454 e. The highest BCUT2D eigenvalue weighted by atomic mass is 16.7. The van der Waals surface area contributed by atoms with Crippen LogP contribution < -0.4 is 20.3 Å². The molecule has 26 heavy (non-hydrogen) atoms. The zero-order valence-corrected chi connectivity index (χ0v) is 14.0. The molecule has 1 N–H and O–H groups in total. The third-order valence-electron chi connectivity index (χ3n) is 4.24. The average molecular weight is 351 g/mol. The first-order chi connectivity index (χ1) is 12.7. The molecule has 1 aromatic heterocycles. The van der Waals surface area contributed by atoms with E-state index in [4.69, 9.17) is 9.47 Å². The summed E-state index contributed by atoms with van der Waals surface area (Å²) in [4.78, 5) is 28.7. The first kappa shape index (κ1) is 16.1. The number of benzene rings is 2. The van der Waals surface area contributed by atoms with Crippen LogP contribution >= 0.6 is 0 Å². The fourth-order valence-electron chi connectivity index (χ4n) is 2.83. The molecule has 0 saturated heterocycles. The molecule has 0 spiro atoms. The van der Waals surface area contributed by atoms with Crippen LogP contribution in [0.4, 0.5) is 0 Å². The summed E-state index contributed by atoms with van der Waals surface area (Å²) in [6.07, 6.45) is 1.68. The van der Waals surface area contributed by atoms with Gasteiger partial charge in [0.2, 0.25) is 12.7 Å². The number of rotatable bonds is 5. The summed E-state index contributed by atoms with van der Waals surface area (Å²) in [6, 6.07) is 12.7. The van der Waals surface area contributed by atoms with E-state index in [2.05, 4.69) is 10.3 Å². The molecule has 0 radical (unpaired) electrons. The van der Waals surface area contributed by atoms with Crippen molar-refractivity contribution in [3.05, 3.63) is 64.7 Å². The molecule has 1 aliphatic rings.